The monoisotopic (exact) mass is 1820 g/mol. The van der Waals surface area contributed by atoms with Crippen molar-refractivity contribution in [2.75, 3.05) is 81.7 Å². The van der Waals surface area contributed by atoms with Crippen molar-refractivity contribution >= 4 is 95.2 Å². The fourth-order valence-corrected chi connectivity index (χ4v) is 16.0. The number of phenols is 1. The Hall–Kier alpha value is -11.1. The highest BCUT2D eigenvalue weighted by Gasteiger charge is 2.40. The highest BCUT2D eigenvalue weighted by Crippen LogP contribution is 2.40. The van der Waals surface area contributed by atoms with Crippen molar-refractivity contribution in [3.8, 4) is 68.0 Å². The van der Waals surface area contributed by atoms with Crippen LogP contribution in [0, 0.1) is 0 Å². The summed E-state index contributed by atoms with van der Waals surface area (Å²) in [5, 5.41) is 38.8. The summed E-state index contributed by atoms with van der Waals surface area (Å²) in [7, 11) is 3.70. The zero-order valence-corrected chi connectivity index (χ0v) is 83.7. The van der Waals surface area contributed by atoms with Crippen molar-refractivity contribution in [2.24, 2.45) is 0 Å². The Morgan fingerprint density at radius 1 is 0.435 bits per heavy atom. The van der Waals surface area contributed by atoms with Gasteiger partial charge in [0.2, 0.25) is 0 Å². The van der Waals surface area contributed by atoms with Gasteiger partial charge in [-0.3, -0.25) is 9.80 Å². The van der Waals surface area contributed by atoms with Crippen molar-refractivity contribution in [3.63, 3.8) is 0 Å². The van der Waals surface area contributed by atoms with Crippen LogP contribution in [0.3, 0.4) is 0 Å². The number of pyridine rings is 4. The van der Waals surface area contributed by atoms with E-state index in [1.807, 2.05) is 215 Å². The van der Waals surface area contributed by atoms with E-state index in [9.17, 15) is 19.8 Å². The molecule has 5 N–H and O–H groups in total. The minimum absolute atomic E-state index is 0.0286. The first-order valence-electron chi connectivity index (χ1n) is 45.8. The molecule has 0 saturated carbocycles. The van der Waals surface area contributed by atoms with Crippen LogP contribution in [0.4, 0.5) is 32.3 Å². The van der Waals surface area contributed by atoms with Crippen molar-refractivity contribution in [1.29, 1.82) is 0 Å². The molecule has 4 aromatic heterocycles. The molecule has 131 heavy (non-hydrogen) atoms. The standard InChI is InChI=1S/C31H44N2O4Si.C25H30N2O3.C21H22N2O3.C20H22N2O2.C10H24O2Si/c1-11-25(37-38(9,10)31(5,6)7)21-35-26-17-19-28-23(20-26)14-18-27(32-28)22-12-15-24(16-13-22)33(8)29(34)36-30(2,3)4;1-3-21(30-25-6-4-5-15-28-25)17-29-22-12-14-24-19(16-22)9-13-23(27-24)18-7-10-20(26-2)11-8-18;1-21(2,3)26-20(25)23(4)16-8-5-14(6-9-16)18-11-7-15-13-17(24)10-12-19(15)22-18;1-3-17(23)13-24-18-9-11-20-15(12-18)6-10-19(22-20)14-4-7-16(21-2)8-5-14;1-7-9(8-11)12-13(5,6)10(2,3)4/h12-20,25H,11,21H2,1-10H3;7-14,16,21,25-26H,3-6,15,17H2,1-2H3;5-13,24H,1-4H3;4-12,17,21,23H,3,13H2,1-2H3;9,11H,7-8H2,1-6H3/t25-;21-,25?;;17-;9-/m11.11/s1. The van der Waals surface area contributed by atoms with Gasteiger partial charge in [0.05, 0.1) is 75.9 Å². The molecule has 12 aromatic rings. The van der Waals surface area contributed by atoms with Crippen LogP contribution in [0.25, 0.3) is 88.6 Å². The zero-order valence-electron chi connectivity index (χ0n) is 81.7. The normalized spacial score (nSPS) is 14.0. The maximum absolute atomic E-state index is 12.4. The smallest absolute Gasteiger partial charge is 0.414 e. The van der Waals surface area contributed by atoms with Gasteiger partial charge < -0.3 is 68.0 Å². The molecule has 1 saturated heterocycles. The molecule has 8 aromatic carbocycles. The van der Waals surface area contributed by atoms with E-state index in [4.69, 9.17) is 62.1 Å². The van der Waals surface area contributed by atoms with Gasteiger partial charge in [-0.15, -0.1) is 0 Å². The van der Waals surface area contributed by atoms with Crippen molar-refractivity contribution in [3.05, 3.63) is 218 Å². The molecular weight excluding hydrogens is 1680 g/mol. The number of anilines is 4. The van der Waals surface area contributed by atoms with Crippen LogP contribution in [0.15, 0.2) is 218 Å². The van der Waals surface area contributed by atoms with E-state index in [-0.39, 0.29) is 53.1 Å². The van der Waals surface area contributed by atoms with E-state index in [2.05, 4.69) is 152 Å². The average Bonchev–Trinajstić information content (AvgIpc) is 0.825. The van der Waals surface area contributed by atoms with Crippen LogP contribution >= 0.6 is 0 Å². The lowest BCUT2D eigenvalue weighted by atomic mass is 10.1. The Morgan fingerprint density at radius 2 is 0.771 bits per heavy atom. The highest BCUT2D eigenvalue weighted by atomic mass is 28.4. The first-order chi connectivity index (χ1) is 62.0. The molecule has 2 amide bonds. The second-order valence-electron chi connectivity index (χ2n) is 38.0. The lowest BCUT2D eigenvalue weighted by Gasteiger charge is -2.39. The number of ether oxygens (including phenoxy) is 7. The lowest BCUT2D eigenvalue weighted by molar-refractivity contribution is -0.193. The first kappa shape index (κ1) is 104. The third-order valence-electron chi connectivity index (χ3n) is 23.4. The summed E-state index contributed by atoms with van der Waals surface area (Å²) in [6.45, 7) is 44.0. The van der Waals surface area contributed by atoms with Crippen LogP contribution in [-0.4, -0.2) is 167 Å². The minimum atomic E-state index is -1.85. The van der Waals surface area contributed by atoms with E-state index in [0.29, 0.717) is 26.2 Å². The molecule has 24 heteroatoms. The maximum atomic E-state index is 12.4. The fourth-order valence-electron chi connectivity index (χ4n) is 13.2. The zero-order chi connectivity index (χ0) is 95.6. The van der Waals surface area contributed by atoms with E-state index in [1.165, 1.54) is 16.2 Å². The minimum Gasteiger partial charge on any atom is -0.508 e. The third-order valence-corrected chi connectivity index (χ3v) is 32.5. The van der Waals surface area contributed by atoms with Gasteiger partial charge in [0, 0.05) is 101 Å². The predicted octanol–water partition coefficient (Wildman–Crippen LogP) is 25.9. The summed E-state index contributed by atoms with van der Waals surface area (Å²) in [4.78, 5) is 46.5. The summed E-state index contributed by atoms with van der Waals surface area (Å²) in [6.07, 6.45) is 5.49. The number of aromatic nitrogens is 4. The van der Waals surface area contributed by atoms with Gasteiger partial charge in [-0.05, 0) is 268 Å². The van der Waals surface area contributed by atoms with Crippen LogP contribution in [0.5, 0.6) is 23.0 Å². The number of hydrogen-bond donors (Lipinski definition) is 5. The van der Waals surface area contributed by atoms with E-state index in [0.717, 1.165) is 167 Å². The van der Waals surface area contributed by atoms with Crippen molar-refractivity contribution < 1.29 is 66.9 Å². The van der Waals surface area contributed by atoms with Gasteiger partial charge in [-0.1, -0.05) is 142 Å². The molecule has 0 bridgehead atoms. The van der Waals surface area contributed by atoms with Gasteiger partial charge in [0.25, 0.3) is 0 Å². The molecule has 5 heterocycles. The number of aliphatic hydroxyl groups excluding tert-OH is 2. The quantitative estimate of drug-likeness (QED) is 0.0285. The largest absolute Gasteiger partial charge is 0.508 e. The molecule has 0 aliphatic carbocycles. The van der Waals surface area contributed by atoms with Gasteiger partial charge in [0.15, 0.2) is 22.9 Å². The number of nitrogens with zero attached hydrogens (tertiary/aromatic N) is 6. The number of hydrogen-bond acceptors (Lipinski definition) is 20. The molecule has 22 nitrogen and oxygen atoms in total. The average molecular weight is 1820 g/mol. The number of aliphatic hydroxyl groups is 2. The second kappa shape index (κ2) is 47.3. The highest BCUT2D eigenvalue weighted by molar-refractivity contribution is 6.74. The molecule has 0 radical (unpaired) electrons. The molecule has 1 unspecified atom stereocenters. The number of nitrogens with one attached hydrogen (secondary N) is 2. The topological polar surface area (TPSA) is 260 Å². The van der Waals surface area contributed by atoms with Crippen molar-refractivity contribution in [1.82, 2.24) is 19.9 Å². The Morgan fingerprint density at radius 3 is 1.09 bits per heavy atom. The number of rotatable bonds is 28. The summed E-state index contributed by atoms with van der Waals surface area (Å²) < 4.78 is 52.9. The Bertz CT molecular complexity index is 5610. The molecule has 5 atom stereocenters. The summed E-state index contributed by atoms with van der Waals surface area (Å²) in [5.41, 5.74) is 13.9. The lowest BCUT2D eigenvalue weighted by Crippen LogP contribution is -2.45. The van der Waals surface area contributed by atoms with Gasteiger partial charge in [-0.2, -0.15) is 0 Å². The van der Waals surface area contributed by atoms with Crippen molar-refractivity contribution in [2.45, 2.75) is 234 Å². The second-order valence-corrected chi connectivity index (χ2v) is 47.5. The van der Waals surface area contributed by atoms with E-state index < -0.39 is 40.0 Å². The molecule has 0 spiro atoms. The fraction of sp³-hybridized carbons (Fsp3) is 0.421. The van der Waals surface area contributed by atoms with Crippen LogP contribution in [0.2, 0.25) is 36.3 Å². The van der Waals surface area contributed by atoms with E-state index in [1.54, 1.807) is 32.3 Å². The molecule has 1 aliphatic heterocycles. The van der Waals surface area contributed by atoms with Crippen LogP contribution in [0.1, 0.15) is 156 Å². The number of aromatic hydroxyl groups is 1. The number of carbonyl (C=O) groups is 2. The van der Waals surface area contributed by atoms with Gasteiger partial charge in [0.1, 0.15) is 54.0 Å². The predicted molar refractivity (Wildman–Crippen MR) is 542 cm³/mol. The number of carbonyl (C=O) groups excluding carboxylic acids is 2. The van der Waals surface area contributed by atoms with Crippen LogP contribution in [-0.2, 0) is 27.8 Å². The molecule has 13 rings (SSSR count). The maximum Gasteiger partial charge on any atom is 0.414 e. The Labute approximate surface area is 779 Å². The molecule has 1 aliphatic rings. The summed E-state index contributed by atoms with van der Waals surface area (Å²) in [6, 6.07) is 70.8. The third kappa shape index (κ3) is 31.3. The first-order valence-corrected chi connectivity index (χ1v) is 51.7. The number of benzene rings is 8. The molecular formula is C107H142N8O14Si2. The Kier molecular flexibility index (Phi) is 37.5. The van der Waals surface area contributed by atoms with Gasteiger partial charge >= 0.3 is 12.2 Å². The number of phenolic OH excluding ortho intramolecular Hbond substituents is 1. The molecule has 1 fully saturated rings. The van der Waals surface area contributed by atoms with Gasteiger partial charge in [-0.25, -0.2) is 29.5 Å². The number of fused-ring (bicyclic) bond motifs is 4. The number of amides is 2. The molecule has 702 valence electrons. The summed E-state index contributed by atoms with van der Waals surface area (Å²) >= 11 is 0. The van der Waals surface area contributed by atoms with Crippen LogP contribution < -0.4 is 34.6 Å². The van der Waals surface area contributed by atoms with E-state index >= 15 is 0 Å². The SMILES string of the molecule is CC[C@@H](O)COc1ccc2nc(-c3ccc(NC)cc3)ccc2c1.CC[C@H](CO)O[Si](C)(C)C(C)(C)C.CC[C@H](COc1ccc2nc(-c3ccc(N(C)C(=O)OC(C)(C)C)cc3)ccc2c1)O[Si](C)(C)C(C)(C)C.CC[C@H](COc1ccc2nc(-c3ccc(NC)cc3)ccc2c1)OC1CCCCO1.CN(C(=O)OC(C)(C)C)c1ccc(-c2ccc3cc(O)ccc3n2)cc1. The summed E-state index contributed by atoms with van der Waals surface area (Å²) in [5.74, 6) is 2.63. The Balaban J connectivity index is 0.000000190.